The summed E-state index contributed by atoms with van der Waals surface area (Å²) in [5.41, 5.74) is 4.80. The number of unbranched alkanes of at least 4 members (excludes halogenated alkanes) is 1. The van der Waals surface area contributed by atoms with E-state index in [9.17, 15) is 4.79 Å². The smallest absolute Gasteiger partial charge is 0.237 e. The molecular formula is C11H24N2OS. The van der Waals surface area contributed by atoms with Crippen LogP contribution in [0.3, 0.4) is 0 Å². The van der Waals surface area contributed by atoms with E-state index in [1.165, 1.54) is 18.6 Å². The Hall–Kier alpha value is -0.220. The van der Waals surface area contributed by atoms with Crippen LogP contribution in [0, 0.1) is 0 Å². The first kappa shape index (κ1) is 14.8. The molecule has 0 bridgehead atoms. The van der Waals surface area contributed by atoms with Gasteiger partial charge in [0.05, 0.1) is 5.54 Å². The fourth-order valence-corrected chi connectivity index (χ4v) is 2.29. The Labute approximate surface area is 97.6 Å². The van der Waals surface area contributed by atoms with Crippen LogP contribution in [0.1, 0.15) is 39.5 Å². The molecule has 0 rings (SSSR count). The number of hydrogen-bond donors (Lipinski definition) is 2. The summed E-state index contributed by atoms with van der Waals surface area (Å²) in [6, 6.07) is 0. The summed E-state index contributed by atoms with van der Waals surface area (Å²) in [6.45, 7) is 4.07. The molecule has 15 heavy (non-hydrogen) atoms. The van der Waals surface area contributed by atoms with Crippen LogP contribution in [0.2, 0.25) is 0 Å². The fourth-order valence-electron chi connectivity index (χ4n) is 1.25. The summed E-state index contributed by atoms with van der Waals surface area (Å²) in [6.07, 6.45) is 4.39. The van der Waals surface area contributed by atoms with Gasteiger partial charge in [-0.1, -0.05) is 13.3 Å². The number of carbonyl (C=O) groups is 1. The Balaban J connectivity index is 3.60. The largest absolute Gasteiger partial charge is 0.368 e. The Morgan fingerprint density at radius 3 is 2.47 bits per heavy atom. The summed E-state index contributed by atoms with van der Waals surface area (Å²) < 4.78 is 0. The van der Waals surface area contributed by atoms with Gasteiger partial charge >= 0.3 is 0 Å². The average molecular weight is 232 g/mol. The lowest BCUT2D eigenvalue weighted by Crippen LogP contribution is -2.51. The van der Waals surface area contributed by atoms with Crippen LogP contribution in [0.15, 0.2) is 0 Å². The summed E-state index contributed by atoms with van der Waals surface area (Å²) in [4.78, 5) is 11.2. The van der Waals surface area contributed by atoms with Gasteiger partial charge in [0.1, 0.15) is 0 Å². The van der Waals surface area contributed by atoms with E-state index in [0.717, 1.165) is 18.6 Å². The molecule has 0 aromatic carbocycles. The number of hydrogen-bond acceptors (Lipinski definition) is 3. The number of thioether (sulfide) groups is 1. The molecular weight excluding hydrogens is 208 g/mol. The van der Waals surface area contributed by atoms with Gasteiger partial charge in [-0.05, 0) is 44.7 Å². The zero-order valence-corrected chi connectivity index (χ0v) is 11.0. The molecule has 0 aliphatic rings. The molecule has 0 saturated carbocycles. The second kappa shape index (κ2) is 7.99. The standard InChI is InChI=1S/C11H24N2OS/c1-4-5-8-15-9-6-7-11(2,13-3)10(12)14/h13H,4-9H2,1-3H3,(H2,12,14). The molecule has 90 valence electrons. The fraction of sp³-hybridized carbons (Fsp3) is 0.909. The number of carbonyl (C=O) groups excluding carboxylic acids is 1. The van der Waals surface area contributed by atoms with Crippen LogP contribution in [0.25, 0.3) is 0 Å². The van der Waals surface area contributed by atoms with E-state index in [2.05, 4.69) is 12.2 Å². The van der Waals surface area contributed by atoms with Gasteiger partial charge in [0.25, 0.3) is 0 Å². The maximum Gasteiger partial charge on any atom is 0.237 e. The molecule has 0 fully saturated rings. The predicted molar refractivity (Wildman–Crippen MR) is 68.1 cm³/mol. The number of likely N-dealkylation sites (N-methyl/N-ethyl adjacent to an activating group) is 1. The van der Waals surface area contributed by atoms with E-state index in [1.54, 1.807) is 7.05 Å². The number of nitrogens with one attached hydrogen (secondary N) is 1. The third kappa shape index (κ3) is 6.05. The highest BCUT2D eigenvalue weighted by molar-refractivity contribution is 7.99. The van der Waals surface area contributed by atoms with Crippen molar-refractivity contribution in [1.82, 2.24) is 5.32 Å². The van der Waals surface area contributed by atoms with Crippen molar-refractivity contribution < 1.29 is 4.79 Å². The van der Waals surface area contributed by atoms with Gasteiger partial charge in [-0.3, -0.25) is 4.79 Å². The predicted octanol–water partition coefficient (Wildman–Crippen LogP) is 1.76. The molecule has 0 radical (unpaired) electrons. The van der Waals surface area contributed by atoms with Crippen LogP contribution in [0.5, 0.6) is 0 Å². The van der Waals surface area contributed by atoms with Crippen molar-refractivity contribution in [2.75, 3.05) is 18.6 Å². The lowest BCUT2D eigenvalue weighted by atomic mass is 9.96. The Bertz CT molecular complexity index is 187. The molecule has 1 atom stereocenters. The summed E-state index contributed by atoms with van der Waals surface area (Å²) in [5.74, 6) is 2.08. The lowest BCUT2D eigenvalue weighted by Gasteiger charge is -2.25. The zero-order valence-electron chi connectivity index (χ0n) is 10.1. The highest BCUT2D eigenvalue weighted by Crippen LogP contribution is 2.15. The van der Waals surface area contributed by atoms with Crippen LogP contribution in [-0.4, -0.2) is 30.0 Å². The van der Waals surface area contributed by atoms with Crippen molar-refractivity contribution in [3.8, 4) is 0 Å². The van der Waals surface area contributed by atoms with E-state index in [4.69, 9.17) is 5.73 Å². The number of nitrogens with two attached hydrogens (primary N) is 1. The van der Waals surface area contributed by atoms with Crippen LogP contribution in [-0.2, 0) is 4.79 Å². The minimum atomic E-state index is -0.536. The topological polar surface area (TPSA) is 55.1 Å². The highest BCUT2D eigenvalue weighted by atomic mass is 32.2. The molecule has 0 aliphatic heterocycles. The molecule has 0 aliphatic carbocycles. The van der Waals surface area contributed by atoms with Crippen molar-refractivity contribution in [2.45, 2.75) is 45.1 Å². The first-order valence-corrected chi connectivity index (χ1v) is 6.79. The van der Waals surface area contributed by atoms with Crippen LogP contribution < -0.4 is 11.1 Å². The molecule has 0 spiro atoms. The molecule has 0 saturated heterocycles. The van der Waals surface area contributed by atoms with Gasteiger partial charge in [-0.2, -0.15) is 11.8 Å². The molecule has 1 unspecified atom stereocenters. The van der Waals surface area contributed by atoms with Crippen molar-refractivity contribution >= 4 is 17.7 Å². The maximum atomic E-state index is 11.2. The molecule has 4 heteroatoms. The SMILES string of the molecule is CCCCSCCCC(C)(NC)C(N)=O. The normalized spacial score (nSPS) is 14.9. The van der Waals surface area contributed by atoms with E-state index in [1.807, 2.05) is 18.7 Å². The van der Waals surface area contributed by atoms with E-state index >= 15 is 0 Å². The van der Waals surface area contributed by atoms with Gasteiger partial charge < -0.3 is 11.1 Å². The molecule has 1 amide bonds. The third-order valence-corrected chi connectivity index (χ3v) is 3.86. The zero-order chi connectivity index (χ0) is 11.7. The molecule has 3 nitrogen and oxygen atoms in total. The molecule has 0 aromatic rings. The maximum absolute atomic E-state index is 11.2. The highest BCUT2D eigenvalue weighted by Gasteiger charge is 2.27. The van der Waals surface area contributed by atoms with Crippen molar-refractivity contribution in [1.29, 1.82) is 0 Å². The van der Waals surface area contributed by atoms with Crippen molar-refractivity contribution in [2.24, 2.45) is 5.73 Å². The Morgan fingerprint density at radius 2 is 2.00 bits per heavy atom. The third-order valence-electron chi connectivity index (χ3n) is 2.70. The molecule has 0 heterocycles. The second-order valence-corrected chi connectivity index (χ2v) is 5.24. The second-order valence-electron chi connectivity index (χ2n) is 4.02. The minimum Gasteiger partial charge on any atom is -0.368 e. The minimum absolute atomic E-state index is 0.261. The first-order valence-electron chi connectivity index (χ1n) is 5.63. The first-order chi connectivity index (χ1) is 7.06. The average Bonchev–Trinajstić information content (AvgIpc) is 2.22. The summed E-state index contributed by atoms with van der Waals surface area (Å²) >= 11 is 1.96. The Morgan fingerprint density at radius 1 is 1.40 bits per heavy atom. The summed E-state index contributed by atoms with van der Waals surface area (Å²) in [5, 5.41) is 3.00. The van der Waals surface area contributed by atoms with E-state index in [0.29, 0.717) is 0 Å². The van der Waals surface area contributed by atoms with Gasteiger partial charge in [-0.25, -0.2) is 0 Å². The van der Waals surface area contributed by atoms with E-state index < -0.39 is 5.54 Å². The van der Waals surface area contributed by atoms with Crippen molar-refractivity contribution in [3.05, 3.63) is 0 Å². The van der Waals surface area contributed by atoms with Gasteiger partial charge in [-0.15, -0.1) is 0 Å². The van der Waals surface area contributed by atoms with Crippen molar-refractivity contribution in [3.63, 3.8) is 0 Å². The number of rotatable bonds is 9. The van der Waals surface area contributed by atoms with Gasteiger partial charge in [0.15, 0.2) is 0 Å². The van der Waals surface area contributed by atoms with E-state index in [-0.39, 0.29) is 5.91 Å². The lowest BCUT2D eigenvalue weighted by molar-refractivity contribution is -0.123. The van der Waals surface area contributed by atoms with Crippen LogP contribution in [0.4, 0.5) is 0 Å². The molecule has 3 N–H and O–H groups in total. The quantitative estimate of drug-likeness (QED) is 0.596. The number of primary amides is 1. The van der Waals surface area contributed by atoms with Crippen LogP contribution >= 0.6 is 11.8 Å². The number of amides is 1. The summed E-state index contributed by atoms with van der Waals surface area (Å²) in [7, 11) is 1.79. The van der Waals surface area contributed by atoms with Gasteiger partial charge in [0, 0.05) is 0 Å². The Kier molecular flexibility index (Phi) is 7.88. The van der Waals surface area contributed by atoms with Gasteiger partial charge in [0.2, 0.25) is 5.91 Å². The molecule has 0 aromatic heterocycles. The monoisotopic (exact) mass is 232 g/mol.